The zero-order chi connectivity index (χ0) is 28.2. The van der Waals surface area contributed by atoms with Crippen molar-refractivity contribution in [2.24, 2.45) is 0 Å². The molecule has 1 amide bonds. The maximum atomic E-state index is 13.6. The van der Waals surface area contributed by atoms with Gasteiger partial charge in [-0.15, -0.1) is 0 Å². The summed E-state index contributed by atoms with van der Waals surface area (Å²) >= 11 is 0.989. The van der Waals surface area contributed by atoms with Crippen LogP contribution in [0.5, 0.6) is 0 Å². The number of amides is 1. The molecular formula is C27H21FN10OS. The normalized spacial score (nSPS) is 10.7. The van der Waals surface area contributed by atoms with Crippen LogP contribution in [0.3, 0.4) is 0 Å². The fourth-order valence-electron chi connectivity index (χ4n) is 3.85. The Bertz CT molecular complexity index is 1760. The quantitative estimate of drug-likeness (QED) is 0.296. The summed E-state index contributed by atoms with van der Waals surface area (Å²) in [6.45, 7) is 5.64. The van der Waals surface area contributed by atoms with E-state index in [0.717, 1.165) is 17.1 Å². The van der Waals surface area contributed by atoms with Crippen LogP contribution in [-0.2, 0) is 6.54 Å². The van der Waals surface area contributed by atoms with Crippen LogP contribution < -0.4 is 10.6 Å². The number of hydrogen-bond donors (Lipinski definition) is 2. The number of nitrogens with zero attached hydrogens (tertiary/aromatic N) is 8. The van der Waals surface area contributed by atoms with Crippen molar-refractivity contribution in [1.82, 2.24) is 39.6 Å². The molecule has 0 radical (unpaired) electrons. The van der Waals surface area contributed by atoms with E-state index < -0.39 is 5.82 Å². The highest BCUT2D eigenvalue weighted by Gasteiger charge is 2.15. The van der Waals surface area contributed by atoms with Crippen LogP contribution >= 0.6 is 11.5 Å². The highest BCUT2D eigenvalue weighted by molar-refractivity contribution is 7.06. The topological polar surface area (TPSA) is 155 Å². The Hall–Kier alpha value is -5.22. The van der Waals surface area contributed by atoms with E-state index in [4.69, 9.17) is 5.26 Å². The summed E-state index contributed by atoms with van der Waals surface area (Å²) in [6.07, 6.45) is 4.34. The number of aromatic nitrogens is 7. The van der Waals surface area contributed by atoms with Gasteiger partial charge in [0.05, 0.1) is 11.9 Å². The lowest BCUT2D eigenvalue weighted by Crippen LogP contribution is -2.24. The molecule has 0 bridgehead atoms. The summed E-state index contributed by atoms with van der Waals surface area (Å²) in [5, 5.41) is 15.0. The fourth-order valence-corrected chi connectivity index (χ4v) is 4.28. The van der Waals surface area contributed by atoms with E-state index in [1.165, 1.54) is 12.3 Å². The summed E-state index contributed by atoms with van der Waals surface area (Å²) in [6, 6.07) is 10.5. The molecule has 0 aliphatic heterocycles. The van der Waals surface area contributed by atoms with E-state index in [0.29, 0.717) is 45.4 Å². The molecule has 0 aromatic carbocycles. The number of carbonyl (C=O) groups is 1. The molecule has 11 nitrogen and oxygen atoms in total. The number of carbonyl (C=O) groups excluding carboxylic acids is 1. The van der Waals surface area contributed by atoms with Crippen molar-refractivity contribution in [2.45, 2.75) is 27.3 Å². The number of pyridine rings is 3. The lowest BCUT2D eigenvalue weighted by molar-refractivity contribution is 0.0945. The molecule has 0 atom stereocenters. The van der Waals surface area contributed by atoms with Crippen LogP contribution in [0.2, 0.25) is 0 Å². The van der Waals surface area contributed by atoms with Gasteiger partial charge < -0.3 is 10.6 Å². The van der Waals surface area contributed by atoms with Crippen LogP contribution in [0.4, 0.5) is 16.2 Å². The molecule has 198 valence electrons. The lowest BCUT2D eigenvalue weighted by Gasteiger charge is -2.10. The Kier molecular flexibility index (Phi) is 7.43. The number of nitrogens with one attached hydrogen (secondary N) is 2. The number of aryl methyl sites for hydroxylation is 3. The Morgan fingerprint density at radius 3 is 2.60 bits per heavy atom. The molecule has 2 N–H and O–H groups in total. The zero-order valence-corrected chi connectivity index (χ0v) is 22.4. The predicted octanol–water partition coefficient (Wildman–Crippen LogP) is 4.46. The molecule has 0 saturated heterocycles. The van der Waals surface area contributed by atoms with E-state index in [9.17, 15) is 9.18 Å². The van der Waals surface area contributed by atoms with Crippen molar-refractivity contribution in [3.05, 3.63) is 88.0 Å². The molecule has 0 spiro atoms. The SMILES string of the molecule is Cc1cc(Nc2nsc(C#N)n2)nc(-c2cnc(C(=O)NCc3ccc(-c4cc(F)cnc4C)nc3)c(C)c2)n1. The van der Waals surface area contributed by atoms with Gasteiger partial charge in [0.2, 0.25) is 11.0 Å². The average Bonchev–Trinajstić information content (AvgIpc) is 3.40. The molecule has 40 heavy (non-hydrogen) atoms. The van der Waals surface area contributed by atoms with Crippen LogP contribution in [0, 0.1) is 37.9 Å². The second-order valence-corrected chi connectivity index (χ2v) is 9.54. The van der Waals surface area contributed by atoms with E-state index in [1.54, 1.807) is 44.4 Å². The van der Waals surface area contributed by atoms with Crippen molar-refractivity contribution in [3.8, 4) is 28.7 Å². The Morgan fingerprint density at radius 1 is 1.02 bits per heavy atom. The molecule has 5 aromatic heterocycles. The number of hydrogen-bond acceptors (Lipinski definition) is 11. The van der Waals surface area contributed by atoms with Gasteiger partial charge in [-0.2, -0.15) is 14.6 Å². The molecule has 0 fully saturated rings. The molecular weight excluding hydrogens is 531 g/mol. The first-order valence-corrected chi connectivity index (χ1v) is 12.8. The average molecular weight is 553 g/mol. The first kappa shape index (κ1) is 26.4. The van der Waals surface area contributed by atoms with E-state index in [-0.39, 0.29) is 29.1 Å². The van der Waals surface area contributed by atoms with Crippen molar-refractivity contribution >= 4 is 29.2 Å². The van der Waals surface area contributed by atoms with Gasteiger partial charge in [-0.3, -0.25) is 19.7 Å². The summed E-state index contributed by atoms with van der Waals surface area (Å²) < 4.78 is 17.7. The summed E-state index contributed by atoms with van der Waals surface area (Å²) in [5.41, 5.74) is 4.92. The van der Waals surface area contributed by atoms with Gasteiger partial charge in [-0.05, 0) is 61.6 Å². The van der Waals surface area contributed by atoms with Gasteiger partial charge in [-0.1, -0.05) is 6.07 Å². The van der Waals surface area contributed by atoms with Gasteiger partial charge in [-0.25, -0.2) is 14.4 Å². The monoisotopic (exact) mass is 552 g/mol. The third-order valence-corrected chi connectivity index (χ3v) is 6.39. The summed E-state index contributed by atoms with van der Waals surface area (Å²) in [5.74, 6) is 0.386. The van der Waals surface area contributed by atoms with E-state index >= 15 is 0 Å². The van der Waals surface area contributed by atoms with Gasteiger partial charge >= 0.3 is 0 Å². The van der Waals surface area contributed by atoms with E-state index in [1.807, 2.05) is 19.1 Å². The first-order valence-electron chi connectivity index (χ1n) is 12.0. The second kappa shape index (κ2) is 11.3. The van der Waals surface area contributed by atoms with Crippen molar-refractivity contribution < 1.29 is 9.18 Å². The molecule has 0 aliphatic rings. The number of rotatable bonds is 7. The van der Waals surface area contributed by atoms with Crippen LogP contribution in [0.25, 0.3) is 22.6 Å². The number of halogens is 1. The fraction of sp³-hybridized carbons (Fsp3) is 0.148. The Morgan fingerprint density at radius 2 is 1.88 bits per heavy atom. The molecule has 5 heterocycles. The Labute approximate surface area is 232 Å². The minimum atomic E-state index is -0.429. The highest BCUT2D eigenvalue weighted by atomic mass is 32.1. The highest BCUT2D eigenvalue weighted by Crippen LogP contribution is 2.23. The van der Waals surface area contributed by atoms with Gasteiger partial charge in [0.15, 0.2) is 5.82 Å². The third-order valence-electron chi connectivity index (χ3n) is 5.77. The molecule has 5 rings (SSSR count). The minimum absolute atomic E-state index is 0.240. The largest absolute Gasteiger partial charge is 0.347 e. The lowest BCUT2D eigenvalue weighted by atomic mass is 10.1. The predicted molar refractivity (Wildman–Crippen MR) is 146 cm³/mol. The standard InChI is InChI=1S/C27H21FN10OS/c1-14-6-18(25-34-15(2)7-22(35-25)36-27-37-23(9-29)40-38-27)12-32-24(14)26(39)33-11-17-4-5-21(31-10-17)20-8-19(28)13-30-16(20)3/h4-8,10,12-13H,11H2,1-3H3,(H,33,39)(H,34,35,36,38). The Balaban J connectivity index is 1.27. The van der Waals surface area contributed by atoms with Crippen molar-refractivity contribution in [2.75, 3.05) is 5.32 Å². The summed E-state index contributed by atoms with van der Waals surface area (Å²) in [4.78, 5) is 38.7. The smallest absolute Gasteiger partial charge is 0.270 e. The number of nitriles is 1. The first-order chi connectivity index (χ1) is 19.3. The molecule has 0 unspecified atom stereocenters. The second-order valence-electron chi connectivity index (χ2n) is 8.79. The third kappa shape index (κ3) is 5.92. The maximum absolute atomic E-state index is 13.6. The van der Waals surface area contributed by atoms with Crippen LogP contribution in [-0.4, -0.2) is 40.2 Å². The van der Waals surface area contributed by atoms with Crippen LogP contribution in [0.15, 0.2) is 48.9 Å². The minimum Gasteiger partial charge on any atom is -0.347 e. The molecule has 13 heteroatoms. The summed E-state index contributed by atoms with van der Waals surface area (Å²) in [7, 11) is 0. The maximum Gasteiger partial charge on any atom is 0.270 e. The molecule has 5 aromatic rings. The molecule has 0 aliphatic carbocycles. The van der Waals surface area contributed by atoms with Crippen molar-refractivity contribution in [1.29, 1.82) is 5.26 Å². The molecule has 0 saturated carbocycles. The van der Waals surface area contributed by atoms with Gasteiger partial charge in [0, 0.05) is 47.5 Å². The van der Waals surface area contributed by atoms with Crippen LogP contribution in [0.1, 0.15) is 38.0 Å². The van der Waals surface area contributed by atoms with Crippen molar-refractivity contribution in [3.63, 3.8) is 0 Å². The van der Waals surface area contributed by atoms with Gasteiger partial charge in [0.1, 0.15) is 23.4 Å². The number of anilines is 2. The van der Waals surface area contributed by atoms with Gasteiger partial charge in [0.25, 0.3) is 5.91 Å². The zero-order valence-electron chi connectivity index (χ0n) is 21.6. The van der Waals surface area contributed by atoms with E-state index in [2.05, 4.69) is 44.9 Å².